The zero-order valence-corrected chi connectivity index (χ0v) is 10.6. The third-order valence-electron chi connectivity index (χ3n) is 2.41. The Hall–Kier alpha value is -0.980. The number of rotatable bonds is 6. The van der Waals surface area contributed by atoms with Crippen LogP contribution in [0.4, 0.5) is 4.39 Å². The lowest BCUT2D eigenvalue weighted by Gasteiger charge is -2.07. The van der Waals surface area contributed by atoms with E-state index in [-0.39, 0.29) is 11.6 Å². The van der Waals surface area contributed by atoms with Crippen molar-refractivity contribution in [3.05, 3.63) is 35.1 Å². The molecule has 1 aromatic carbocycles. The Kier molecular flexibility index (Phi) is 5.04. The van der Waals surface area contributed by atoms with E-state index >= 15 is 0 Å². The van der Waals surface area contributed by atoms with Gasteiger partial charge in [-0.05, 0) is 43.1 Å². The number of nitrogens with two attached hydrogens (primary N) is 1. The Bertz CT molecular complexity index is 474. The minimum atomic E-state index is -3.38. The van der Waals surface area contributed by atoms with E-state index in [0.29, 0.717) is 19.5 Å². The van der Waals surface area contributed by atoms with E-state index in [2.05, 4.69) is 5.32 Å². The predicted molar refractivity (Wildman–Crippen MR) is 65.4 cm³/mol. The van der Waals surface area contributed by atoms with Crippen LogP contribution in [0.2, 0.25) is 0 Å². The van der Waals surface area contributed by atoms with Crippen LogP contribution in [0.5, 0.6) is 0 Å². The second-order valence-corrected chi connectivity index (χ2v) is 5.70. The number of hydrogen-bond donors (Lipinski definition) is 2. The third-order valence-corrected chi connectivity index (χ3v) is 3.27. The van der Waals surface area contributed by atoms with E-state index in [0.717, 1.165) is 11.1 Å². The minimum absolute atomic E-state index is 0.0396. The molecular formula is C11H17FN2O2S. The Labute approximate surface area is 101 Å². The highest BCUT2D eigenvalue weighted by molar-refractivity contribution is 7.89. The molecule has 0 radical (unpaired) electrons. The molecule has 0 bridgehead atoms. The zero-order chi connectivity index (χ0) is 12.9. The van der Waals surface area contributed by atoms with Crippen LogP contribution in [0.15, 0.2) is 18.2 Å². The monoisotopic (exact) mass is 260 g/mol. The van der Waals surface area contributed by atoms with Gasteiger partial charge < -0.3 is 5.32 Å². The number of benzene rings is 1. The average molecular weight is 260 g/mol. The fourth-order valence-corrected chi connectivity index (χ4v) is 2.00. The zero-order valence-electron chi connectivity index (χ0n) is 9.74. The summed E-state index contributed by atoms with van der Waals surface area (Å²) >= 11 is 0. The summed E-state index contributed by atoms with van der Waals surface area (Å²) in [5.41, 5.74) is 1.88. The second-order valence-electron chi connectivity index (χ2n) is 3.97. The first-order valence-corrected chi connectivity index (χ1v) is 7.06. The van der Waals surface area contributed by atoms with Crippen molar-refractivity contribution in [3.8, 4) is 0 Å². The van der Waals surface area contributed by atoms with Crippen LogP contribution in [0, 0.1) is 12.7 Å². The van der Waals surface area contributed by atoms with Gasteiger partial charge in [-0.3, -0.25) is 0 Å². The summed E-state index contributed by atoms with van der Waals surface area (Å²) in [6, 6.07) is 4.61. The maximum Gasteiger partial charge on any atom is 0.209 e. The summed E-state index contributed by atoms with van der Waals surface area (Å²) in [6.07, 6.45) is 0.452. The molecule has 17 heavy (non-hydrogen) atoms. The molecule has 4 nitrogen and oxygen atoms in total. The Morgan fingerprint density at radius 2 is 2.12 bits per heavy atom. The van der Waals surface area contributed by atoms with Crippen molar-refractivity contribution >= 4 is 10.0 Å². The quantitative estimate of drug-likeness (QED) is 0.747. The molecule has 0 aliphatic heterocycles. The van der Waals surface area contributed by atoms with E-state index in [1.54, 1.807) is 6.07 Å². The van der Waals surface area contributed by atoms with Crippen molar-refractivity contribution in [2.24, 2.45) is 5.14 Å². The second kappa shape index (κ2) is 6.09. The number of sulfonamides is 1. The third kappa shape index (κ3) is 5.76. The van der Waals surface area contributed by atoms with Gasteiger partial charge in [0.15, 0.2) is 0 Å². The molecule has 0 aliphatic carbocycles. The summed E-state index contributed by atoms with van der Waals surface area (Å²) in [5, 5.41) is 7.92. The molecule has 0 atom stereocenters. The number of aryl methyl sites for hydroxylation is 1. The predicted octanol–water partition coefficient (Wildman–Crippen LogP) is 0.902. The molecule has 0 saturated heterocycles. The van der Waals surface area contributed by atoms with Crippen LogP contribution >= 0.6 is 0 Å². The molecule has 0 amide bonds. The maximum atomic E-state index is 13.0. The molecule has 1 rings (SSSR count). The first-order chi connectivity index (χ1) is 7.88. The first kappa shape index (κ1) is 14.1. The van der Waals surface area contributed by atoms with Gasteiger partial charge in [0.25, 0.3) is 0 Å². The first-order valence-electron chi connectivity index (χ1n) is 5.35. The highest BCUT2D eigenvalue weighted by Crippen LogP contribution is 2.09. The van der Waals surface area contributed by atoms with E-state index < -0.39 is 10.0 Å². The SMILES string of the molecule is Cc1ccc(F)cc1CNCCCS(N)(=O)=O. The lowest BCUT2D eigenvalue weighted by molar-refractivity contribution is 0.589. The van der Waals surface area contributed by atoms with Crippen molar-refractivity contribution < 1.29 is 12.8 Å². The van der Waals surface area contributed by atoms with Crippen LogP contribution in [-0.4, -0.2) is 20.7 Å². The summed E-state index contributed by atoms with van der Waals surface area (Å²) < 4.78 is 34.3. The molecule has 0 aromatic heterocycles. The fraction of sp³-hybridized carbons (Fsp3) is 0.455. The van der Waals surface area contributed by atoms with E-state index in [1.807, 2.05) is 6.92 Å². The van der Waals surface area contributed by atoms with Gasteiger partial charge in [0.1, 0.15) is 5.82 Å². The number of hydrogen-bond acceptors (Lipinski definition) is 3. The molecule has 1 aromatic rings. The molecule has 3 N–H and O–H groups in total. The van der Waals surface area contributed by atoms with Gasteiger partial charge in [0, 0.05) is 6.54 Å². The molecule has 0 heterocycles. The number of halogens is 1. The van der Waals surface area contributed by atoms with Gasteiger partial charge in [-0.1, -0.05) is 6.07 Å². The topological polar surface area (TPSA) is 72.2 Å². The Morgan fingerprint density at radius 3 is 2.76 bits per heavy atom. The highest BCUT2D eigenvalue weighted by atomic mass is 32.2. The molecule has 0 saturated carbocycles. The largest absolute Gasteiger partial charge is 0.313 e. The average Bonchev–Trinajstić information content (AvgIpc) is 2.21. The van der Waals surface area contributed by atoms with Gasteiger partial charge in [-0.2, -0.15) is 0 Å². The van der Waals surface area contributed by atoms with E-state index in [4.69, 9.17) is 5.14 Å². The Morgan fingerprint density at radius 1 is 1.41 bits per heavy atom. The van der Waals surface area contributed by atoms with Crippen molar-refractivity contribution in [3.63, 3.8) is 0 Å². The van der Waals surface area contributed by atoms with Gasteiger partial charge in [-0.25, -0.2) is 17.9 Å². The van der Waals surface area contributed by atoms with Crippen LogP contribution in [0.25, 0.3) is 0 Å². The van der Waals surface area contributed by atoms with Crippen LogP contribution in [-0.2, 0) is 16.6 Å². The summed E-state index contributed by atoms with van der Waals surface area (Å²) in [5.74, 6) is -0.306. The number of nitrogens with one attached hydrogen (secondary N) is 1. The van der Waals surface area contributed by atoms with Gasteiger partial charge >= 0.3 is 0 Å². The van der Waals surface area contributed by atoms with E-state index in [1.165, 1.54) is 12.1 Å². The van der Waals surface area contributed by atoms with Crippen LogP contribution in [0.3, 0.4) is 0 Å². The molecule has 0 unspecified atom stereocenters. The molecule has 96 valence electrons. The Balaban J connectivity index is 2.34. The van der Waals surface area contributed by atoms with Crippen molar-refractivity contribution in [1.82, 2.24) is 5.32 Å². The molecule has 6 heteroatoms. The van der Waals surface area contributed by atoms with Crippen molar-refractivity contribution in [2.45, 2.75) is 19.9 Å². The van der Waals surface area contributed by atoms with Crippen molar-refractivity contribution in [1.29, 1.82) is 0 Å². The van der Waals surface area contributed by atoms with Gasteiger partial charge in [0.05, 0.1) is 5.75 Å². The summed E-state index contributed by atoms with van der Waals surface area (Å²) in [6.45, 7) is 2.96. The summed E-state index contributed by atoms with van der Waals surface area (Å²) in [7, 11) is -3.38. The molecular weight excluding hydrogens is 243 g/mol. The van der Waals surface area contributed by atoms with Gasteiger partial charge in [-0.15, -0.1) is 0 Å². The fourth-order valence-electron chi connectivity index (χ4n) is 1.45. The van der Waals surface area contributed by atoms with E-state index in [9.17, 15) is 12.8 Å². The molecule has 0 fully saturated rings. The van der Waals surface area contributed by atoms with Crippen molar-refractivity contribution in [2.75, 3.05) is 12.3 Å². The van der Waals surface area contributed by atoms with Crippen LogP contribution < -0.4 is 10.5 Å². The normalized spacial score (nSPS) is 11.7. The summed E-state index contributed by atoms with van der Waals surface area (Å²) in [4.78, 5) is 0. The lowest BCUT2D eigenvalue weighted by atomic mass is 10.1. The number of primary sulfonamides is 1. The molecule has 0 spiro atoms. The maximum absolute atomic E-state index is 13.0. The smallest absolute Gasteiger partial charge is 0.209 e. The lowest BCUT2D eigenvalue weighted by Crippen LogP contribution is -2.22. The van der Waals surface area contributed by atoms with Gasteiger partial charge in [0.2, 0.25) is 10.0 Å². The molecule has 0 aliphatic rings. The standard InChI is InChI=1S/C11H17FN2O2S/c1-9-3-4-11(12)7-10(9)8-14-5-2-6-17(13,15)16/h3-4,7,14H,2,5-6,8H2,1H3,(H2,13,15,16). The highest BCUT2D eigenvalue weighted by Gasteiger charge is 2.02. The minimum Gasteiger partial charge on any atom is -0.313 e. The van der Waals surface area contributed by atoms with Crippen LogP contribution in [0.1, 0.15) is 17.5 Å².